The number of primary amides is 1. The summed E-state index contributed by atoms with van der Waals surface area (Å²) in [6, 6.07) is -0.129. The molecule has 1 saturated carbocycles. The number of aromatic nitrogens is 2. The van der Waals surface area contributed by atoms with E-state index in [4.69, 9.17) is 5.73 Å². The maximum absolute atomic E-state index is 11.9. The zero-order valence-electron chi connectivity index (χ0n) is 11.1. The number of amides is 2. The first-order valence-electron chi connectivity index (χ1n) is 6.64. The van der Waals surface area contributed by atoms with E-state index in [1.165, 1.54) is 0 Å². The Labute approximate surface area is 112 Å². The molecule has 1 fully saturated rings. The van der Waals surface area contributed by atoms with Crippen LogP contribution in [-0.4, -0.2) is 27.6 Å². The Balaban J connectivity index is 1.91. The lowest BCUT2D eigenvalue weighted by molar-refractivity contribution is -0.126. The molecule has 0 radical (unpaired) electrons. The molecule has 19 heavy (non-hydrogen) atoms. The van der Waals surface area contributed by atoms with Crippen LogP contribution in [0.15, 0.2) is 12.4 Å². The largest absolute Gasteiger partial charge is 0.369 e. The summed E-state index contributed by atoms with van der Waals surface area (Å²) in [7, 11) is 0. The predicted octanol–water partition coefficient (Wildman–Crippen LogP) is 0.352. The van der Waals surface area contributed by atoms with E-state index >= 15 is 0 Å². The van der Waals surface area contributed by atoms with Gasteiger partial charge in [-0.2, -0.15) is 5.10 Å². The Bertz CT molecular complexity index is 469. The molecule has 104 valence electrons. The number of hydrogen-bond donors (Lipinski definition) is 2. The molecule has 2 rings (SSSR count). The minimum absolute atomic E-state index is 0.124. The molecule has 6 nitrogen and oxygen atoms in total. The molecule has 2 amide bonds. The molecular formula is C13H20N4O2. The summed E-state index contributed by atoms with van der Waals surface area (Å²) in [5.74, 6) is -0.682. The van der Waals surface area contributed by atoms with Crippen LogP contribution in [0.5, 0.6) is 0 Å². The smallest absolute Gasteiger partial charge is 0.241 e. The van der Waals surface area contributed by atoms with E-state index < -0.39 is 0 Å². The second-order valence-electron chi connectivity index (χ2n) is 5.18. The SMILES string of the molecule is Cc1cnn(CC(=O)NC2CCCCC2C(N)=O)c1. The number of rotatable bonds is 4. The fraction of sp³-hybridized carbons (Fsp3) is 0.615. The first kappa shape index (κ1) is 13.6. The van der Waals surface area contributed by atoms with Crippen molar-refractivity contribution >= 4 is 11.8 Å². The molecule has 6 heteroatoms. The Kier molecular flexibility index (Phi) is 4.19. The van der Waals surface area contributed by atoms with Gasteiger partial charge < -0.3 is 11.1 Å². The lowest BCUT2D eigenvalue weighted by atomic mass is 9.84. The van der Waals surface area contributed by atoms with Crippen molar-refractivity contribution in [3.05, 3.63) is 18.0 Å². The summed E-state index contributed by atoms with van der Waals surface area (Å²) in [6.45, 7) is 2.10. The van der Waals surface area contributed by atoms with Crippen LogP contribution < -0.4 is 11.1 Å². The van der Waals surface area contributed by atoms with Gasteiger partial charge in [0.2, 0.25) is 11.8 Å². The summed E-state index contributed by atoms with van der Waals surface area (Å²) in [6.07, 6.45) is 7.12. The van der Waals surface area contributed by atoms with Gasteiger partial charge in [-0.3, -0.25) is 14.3 Å². The van der Waals surface area contributed by atoms with Gasteiger partial charge in [-0.05, 0) is 25.3 Å². The van der Waals surface area contributed by atoms with Gasteiger partial charge in [0.1, 0.15) is 6.54 Å². The van der Waals surface area contributed by atoms with Crippen LogP contribution >= 0.6 is 0 Å². The summed E-state index contributed by atoms with van der Waals surface area (Å²) in [5, 5.41) is 6.97. The van der Waals surface area contributed by atoms with Gasteiger partial charge in [0.15, 0.2) is 0 Å². The molecular weight excluding hydrogens is 244 g/mol. The number of carbonyl (C=O) groups is 2. The van der Waals surface area contributed by atoms with Crippen LogP contribution in [0, 0.1) is 12.8 Å². The van der Waals surface area contributed by atoms with Crippen molar-refractivity contribution in [3.8, 4) is 0 Å². The van der Waals surface area contributed by atoms with Crippen molar-refractivity contribution < 1.29 is 9.59 Å². The van der Waals surface area contributed by atoms with E-state index in [1.807, 2.05) is 13.1 Å². The van der Waals surface area contributed by atoms with Gasteiger partial charge >= 0.3 is 0 Å². The van der Waals surface area contributed by atoms with Crippen LogP contribution in [0.25, 0.3) is 0 Å². The van der Waals surface area contributed by atoms with E-state index in [-0.39, 0.29) is 30.3 Å². The van der Waals surface area contributed by atoms with Gasteiger partial charge in [-0.25, -0.2) is 0 Å². The third-order valence-electron chi connectivity index (χ3n) is 3.55. The minimum Gasteiger partial charge on any atom is -0.369 e. The molecule has 1 aromatic rings. The Hall–Kier alpha value is -1.85. The Morgan fingerprint density at radius 1 is 1.47 bits per heavy atom. The van der Waals surface area contributed by atoms with E-state index in [0.717, 1.165) is 31.2 Å². The van der Waals surface area contributed by atoms with Crippen molar-refractivity contribution in [1.29, 1.82) is 0 Å². The number of hydrogen-bond acceptors (Lipinski definition) is 3. The Morgan fingerprint density at radius 2 is 2.21 bits per heavy atom. The van der Waals surface area contributed by atoms with E-state index in [0.29, 0.717) is 0 Å². The maximum Gasteiger partial charge on any atom is 0.241 e. The number of nitrogens with one attached hydrogen (secondary N) is 1. The second-order valence-corrected chi connectivity index (χ2v) is 5.18. The maximum atomic E-state index is 11.9. The normalized spacial score (nSPS) is 23.0. The number of nitrogens with two attached hydrogens (primary N) is 1. The van der Waals surface area contributed by atoms with Crippen LogP contribution in [0.2, 0.25) is 0 Å². The van der Waals surface area contributed by atoms with E-state index in [9.17, 15) is 9.59 Å². The monoisotopic (exact) mass is 264 g/mol. The molecule has 1 aliphatic carbocycles. The topological polar surface area (TPSA) is 90.0 Å². The summed E-state index contributed by atoms with van der Waals surface area (Å²) < 4.78 is 1.59. The molecule has 0 saturated heterocycles. The van der Waals surface area contributed by atoms with Crippen LogP contribution in [0.3, 0.4) is 0 Å². The van der Waals surface area contributed by atoms with Gasteiger partial charge in [-0.15, -0.1) is 0 Å². The molecule has 1 aromatic heterocycles. The molecule has 1 aliphatic rings. The fourth-order valence-corrected chi connectivity index (χ4v) is 2.60. The van der Waals surface area contributed by atoms with Crippen LogP contribution in [0.1, 0.15) is 31.2 Å². The molecule has 0 spiro atoms. The predicted molar refractivity (Wildman–Crippen MR) is 70.0 cm³/mol. The summed E-state index contributed by atoms with van der Waals surface area (Å²) in [5.41, 5.74) is 6.40. The first-order valence-corrected chi connectivity index (χ1v) is 6.64. The molecule has 2 atom stereocenters. The fourth-order valence-electron chi connectivity index (χ4n) is 2.60. The molecule has 1 heterocycles. The van der Waals surface area contributed by atoms with Gasteiger partial charge in [0, 0.05) is 12.2 Å². The molecule has 3 N–H and O–H groups in total. The van der Waals surface area contributed by atoms with Crippen LogP contribution in [-0.2, 0) is 16.1 Å². The third kappa shape index (κ3) is 3.56. The standard InChI is InChI=1S/C13H20N4O2/c1-9-6-15-17(7-9)8-12(18)16-11-5-3-2-4-10(11)13(14)19/h6-7,10-11H,2-5,8H2,1H3,(H2,14,19)(H,16,18). The lowest BCUT2D eigenvalue weighted by Crippen LogP contribution is -2.47. The quantitative estimate of drug-likeness (QED) is 0.822. The highest BCUT2D eigenvalue weighted by Crippen LogP contribution is 2.24. The minimum atomic E-state index is -0.320. The van der Waals surface area contributed by atoms with Gasteiger partial charge in [-0.1, -0.05) is 12.8 Å². The third-order valence-corrected chi connectivity index (χ3v) is 3.55. The number of nitrogens with zero attached hydrogens (tertiary/aromatic N) is 2. The van der Waals surface area contributed by atoms with Crippen molar-refractivity contribution in [3.63, 3.8) is 0 Å². The lowest BCUT2D eigenvalue weighted by Gasteiger charge is -2.29. The summed E-state index contributed by atoms with van der Waals surface area (Å²) >= 11 is 0. The highest BCUT2D eigenvalue weighted by atomic mass is 16.2. The number of carbonyl (C=O) groups excluding carboxylic acids is 2. The van der Waals surface area contributed by atoms with E-state index in [1.54, 1.807) is 10.9 Å². The molecule has 2 unspecified atom stereocenters. The molecule has 0 bridgehead atoms. The van der Waals surface area contributed by atoms with Crippen molar-refractivity contribution in [1.82, 2.24) is 15.1 Å². The number of aryl methyl sites for hydroxylation is 1. The molecule has 0 aliphatic heterocycles. The average Bonchev–Trinajstić information content (AvgIpc) is 2.75. The highest BCUT2D eigenvalue weighted by molar-refractivity contribution is 5.80. The van der Waals surface area contributed by atoms with Crippen molar-refractivity contribution in [2.45, 2.75) is 45.2 Å². The van der Waals surface area contributed by atoms with Crippen molar-refractivity contribution in [2.75, 3.05) is 0 Å². The summed E-state index contributed by atoms with van der Waals surface area (Å²) in [4.78, 5) is 23.3. The highest BCUT2D eigenvalue weighted by Gasteiger charge is 2.30. The Morgan fingerprint density at radius 3 is 2.84 bits per heavy atom. The zero-order valence-corrected chi connectivity index (χ0v) is 11.1. The zero-order chi connectivity index (χ0) is 13.8. The van der Waals surface area contributed by atoms with Gasteiger partial charge in [0.05, 0.1) is 12.1 Å². The van der Waals surface area contributed by atoms with E-state index in [2.05, 4.69) is 10.4 Å². The molecule has 0 aromatic carbocycles. The average molecular weight is 264 g/mol. The van der Waals surface area contributed by atoms with Crippen molar-refractivity contribution in [2.24, 2.45) is 11.7 Å². The van der Waals surface area contributed by atoms with Gasteiger partial charge in [0.25, 0.3) is 0 Å². The first-order chi connectivity index (χ1) is 9.06. The second kappa shape index (κ2) is 5.86. The van der Waals surface area contributed by atoms with Crippen LogP contribution in [0.4, 0.5) is 0 Å².